The van der Waals surface area contributed by atoms with E-state index in [1.165, 1.54) is 6.07 Å². The molecule has 0 spiro atoms. The number of nitrogens with two attached hydrogens (primary N) is 1. The first-order valence-corrected chi connectivity index (χ1v) is 4.65. The zero-order valence-corrected chi connectivity index (χ0v) is 7.76. The van der Waals surface area contributed by atoms with Crippen LogP contribution in [-0.4, -0.2) is 0 Å². The molecule has 70 valence electrons. The summed E-state index contributed by atoms with van der Waals surface area (Å²) >= 11 is 0. The normalized spacial score (nSPS) is 32.7. The summed E-state index contributed by atoms with van der Waals surface area (Å²) in [4.78, 5) is 0. The first-order valence-electron chi connectivity index (χ1n) is 4.65. The zero-order chi connectivity index (χ0) is 9.47. The van der Waals surface area contributed by atoms with Gasteiger partial charge >= 0.3 is 0 Å². The fourth-order valence-corrected chi connectivity index (χ4v) is 2.22. The topological polar surface area (TPSA) is 26.0 Å². The van der Waals surface area contributed by atoms with Crippen molar-refractivity contribution in [3.05, 3.63) is 35.6 Å². The molecule has 0 amide bonds. The first-order chi connectivity index (χ1) is 6.10. The van der Waals surface area contributed by atoms with Crippen LogP contribution in [0.5, 0.6) is 0 Å². The van der Waals surface area contributed by atoms with Crippen molar-refractivity contribution in [2.24, 2.45) is 11.7 Å². The Hall–Kier alpha value is -0.890. The van der Waals surface area contributed by atoms with Crippen LogP contribution in [0.2, 0.25) is 0 Å². The molecule has 1 aromatic carbocycles. The largest absolute Gasteiger partial charge is 0.321 e. The van der Waals surface area contributed by atoms with Gasteiger partial charge in [-0.15, -0.1) is 0 Å². The van der Waals surface area contributed by atoms with Crippen LogP contribution in [0.1, 0.15) is 25.3 Å². The molecule has 2 heteroatoms. The van der Waals surface area contributed by atoms with Gasteiger partial charge in [-0.2, -0.15) is 0 Å². The van der Waals surface area contributed by atoms with Crippen molar-refractivity contribution in [1.29, 1.82) is 0 Å². The standard InChI is InChI=1S/C11H14FN/c1-8-6-11(13,7-8)9-3-2-4-10(12)5-9/h2-5,8H,6-7,13H2,1H3. The lowest BCUT2D eigenvalue weighted by atomic mass is 9.66. The highest BCUT2D eigenvalue weighted by molar-refractivity contribution is 5.27. The third-order valence-corrected chi connectivity index (χ3v) is 2.82. The van der Waals surface area contributed by atoms with Crippen LogP contribution in [0.3, 0.4) is 0 Å². The molecule has 0 saturated heterocycles. The molecule has 2 rings (SSSR count). The summed E-state index contributed by atoms with van der Waals surface area (Å²) in [5.41, 5.74) is 6.79. The van der Waals surface area contributed by atoms with Crippen molar-refractivity contribution in [3.63, 3.8) is 0 Å². The van der Waals surface area contributed by atoms with Crippen LogP contribution in [0.4, 0.5) is 4.39 Å². The van der Waals surface area contributed by atoms with Gasteiger partial charge in [0, 0.05) is 5.54 Å². The van der Waals surface area contributed by atoms with Crippen molar-refractivity contribution < 1.29 is 4.39 Å². The van der Waals surface area contributed by atoms with E-state index in [1.807, 2.05) is 6.07 Å². The molecule has 0 atom stereocenters. The molecule has 0 heterocycles. The van der Waals surface area contributed by atoms with Crippen LogP contribution < -0.4 is 5.73 Å². The number of hydrogen-bond donors (Lipinski definition) is 1. The van der Waals surface area contributed by atoms with Crippen molar-refractivity contribution in [1.82, 2.24) is 0 Å². The molecule has 1 fully saturated rings. The SMILES string of the molecule is CC1CC(N)(c2cccc(F)c2)C1. The van der Waals surface area contributed by atoms with E-state index in [0.717, 1.165) is 18.4 Å². The van der Waals surface area contributed by atoms with Crippen molar-refractivity contribution in [2.45, 2.75) is 25.3 Å². The Balaban J connectivity index is 2.26. The van der Waals surface area contributed by atoms with Crippen LogP contribution in [0.15, 0.2) is 24.3 Å². The molecular formula is C11H14FN. The maximum Gasteiger partial charge on any atom is 0.123 e. The average Bonchev–Trinajstić information content (AvgIpc) is 2.02. The van der Waals surface area contributed by atoms with Crippen LogP contribution in [-0.2, 0) is 5.54 Å². The van der Waals surface area contributed by atoms with Crippen molar-refractivity contribution in [2.75, 3.05) is 0 Å². The quantitative estimate of drug-likeness (QED) is 0.704. The molecule has 0 aromatic heterocycles. The Morgan fingerprint density at radius 1 is 1.46 bits per heavy atom. The molecule has 2 N–H and O–H groups in total. The molecule has 1 aromatic rings. The van der Waals surface area contributed by atoms with Crippen LogP contribution >= 0.6 is 0 Å². The minimum absolute atomic E-state index is 0.193. The van der Waals surface area contributed by atoms with E-state index in [2.05, 4.69) is 6.92 Å². The summed E-state index contributed by atoms with van der Waals surface area (Å²) < 4.78 is 12.9. The van der Waals surface area contributed by atoms with E-state index in [-0.39, 0.29) is 11.4 Å². The van der Waals surface area contributed by atoms with E-state index in [1.54, 1.807) is 12.1 Å². The Kier molecular flexibility index (Phi) is 1.88. The van der Waals surface area contributed by atoms with Gasteiger partial charge in [0.15, 0.2) is 0 Å². The van der Waals surface area contributed by atoms with E-state index in [0.29, 0.717) is 5.92 Å². The maximum absolute atomic E-state index is 12.9. The highest BCUT2D eigenvalue weighted by atomic mass is 19.1. The monoisotopic (exact) mass is 179 g/mol. The van der Waals surface area contributed by atoms with Gasteiger partial charge in [-0.05, 0) is 36.5 Å². The summed E-state index contributed by atoms with van der Waals surface area (Å²) in [7, 11) is 0. The molecule has 1 aliphatic carbocycles. The minimum Gasteiger partial charge on any atom is -0.321 e. The van der Waals surface area contributed by atoms with Gasteiger partial charge in [-0.1, -0.05) is 19.1 Å². The Morgan fingerprint density at radius 3 is 2.69 bits per heavy atom. The molecule has 0 radical (unpaired) electrons. The number of halogens is 1. The smallest absolute Gasteiger partial charge is 0.123 e. The van der Waals surface area contributed by atoms with E-state index in [4.69, 9.17) is 5.73 Å². The number of hydrogen-bond acceptors (Lipinski definition) is 1. The Bertz CT molecular complexity index is 316. The molecule has 1 aliphatic rings. The van der Waals surface area contributed by atoms with Gasteiger partial charge < -0.3 is 5.73 Å². The molecule has 0 bridgehead atoms. The minimum atomic E-state index is -0.262. The first kappa shape index (κ1) is 8.70. The average molecular weight is 179 g/mol. The lowest BCUT2D eigenvalue weighted by Crippen LogP contribution is -2.48. The van der Waals surface area contributed by atoms with Crippen molar-refractivity contribution in [3.8, 4) is 0 Å². The summed E-state index contributed by atoms with van der Waals surface area (Å²) in [6.07, 6.45) is 1.94. The molecule has 0 aliphatic heterocycles. The lowest BCUT2D eigenvalue weighted by molar-refractivity contribution is 0.163. The van der Waals surface area contributed by atoms with Gasteiger partial charge in [0.05, 0.1) is 0 Å². The van der Waals surface area contributed by atoms with Crippen LogP contribution in [0.25, 0.3) is 0 Å². The molecule has 1 saturated carbocycles. The van der Waals surface area contributed by atoms with Crippen LogP contribution in [0, 0.1) is 11.7 Å². The van der Waals surface area contributed by atoms with Crippen molar-refractivity contribution >= 4 is 0 Å². The highest BCUT2D eigenvalue weighted by Gasteiger charge is 2.39. The molecular weight excluding hydrogens is 165 g/mol. The molecule has 1 nitrogen and oxygen atoms in total. The van der Waals surface area contributed by atoms with Gasteiger partial charge in [0.2, 0.25) is 0 Å². The molecule has 0 unspecified atom stereocenters. The summed E-state index contributed by atoms with van der Waals surface area (Å²) in [5.74, 6) is 0.482. The van der Waals surface area contributed by atoms with Gasteiger partial charge in [-0.3, -0.25) is 0 Å². The highest BCUT2D eigenvalue weighted by Crippen LogP contribution is 2.43. The summed E-state index contributed by atoms with van der Waals surface area (Å²) in [6.45, 7) is 2.17. The fourth-order valence-electron chi connectivity index (χ4n) is 2.22. The van der Waals surface area contributed by atoms with Gasteiger partial charge in [-0.25, -0.2) is 4.39 Å². The third-order valence-electron chi connectivity index (χ3n) is 2.82. The van der Waals surface area contributed by atoms with E-state index < -0.39 is 0 Å². The van der Waals surface area contributed by atoms with Gasteiger partial charge in [0.25, 0.3) is 0 Å². The number of benzene rings is 1. The Morgan fingerprint density at radius 2 is 2.15 bits per heavy atom. The third kappa shape index (κ3) is 1.46. The Labute approximate surface area is 77.8 Å². The van der Waals surface area contributed by atoms with E-state index >= 15 is 0 Å². The predicted octanol–water partition coefficient (Wildman–Crippen LogP) is 2.41. The molecule has 13 heavy (non-hydrogen) atoms. The second kappa shape index (κ2) is 2.81. The predicted molar refractivity (Wildman–Crippen MR) is 50.7 cm³/mol. The lowest BCUT2D eigenvalue weighted by Gasteiger charge is -2.44. The maximum atomic E-state index is 12.9. The number of rotatable bonds is 1. The van der Waals surface area contributed by atoms with E-state index in [9.17, 15) is 4.39 Å². The summed E-state index contributed by atoms with van der Waals surface area (Å²) in [6, 6.07) is 6.64. The zero-order valence-electron chi connectivity index (χ0n) is 7.76. The van der Waals surface area contributed by atoms with Gasteiger partial charge in [0.1, 0.15) is 5.82 Å². The second-order valence-electron chi connectivity index (χ2n) is 4.18. The fraction of sp³-hybridized carbons (Fsp3) is 0.455. The second-order valence-corrected chi connectivity index (χ2v) is 4.18. The summed E-state index contributed by atoms with van der Waals surface area (Å²) in [5, 5.41) is 0.